The zero-order valence-electron chi connectivity index (χ0n) is 15.1. The Bertz CT molecular complexity index is 764. The molecule has 3 N–H and O–H groups in total. The first-order chi connectivity index (χ1) is 12.1. The van der Waals surface area contributed by atoms with Crippen LogP contribution in [0.1, 0.15) is 43.5 Å². The number of aryl methyl sites for hydroxylation is 1. The van der Waals surface area contributed by atoms with Gasteiger partial charge in [-0.05, 0) is 37.3 Å². The van der Waals surface area contributed by atoms with E-state index in [-0.39, 0.29) is 5.41 Å². The Morgan fingerprint density at radius 3 is 2.20 bits per heavy atom. The van der Waals surface area contributed by atoms with Gasteiger partial charge in [0.1, 0.15) is 0 Å². The van der Waals surface area contributed by atoms with Crippen molar-refractivity contribution in [3.63, 3.8) is 0 Å². The molecule has 2 unspecified atom stereocenters. The lowest BCUT2D eigenvalue weighted by molar-refractivity contribution is 0.205. The highest BCUT2D eigenvalue weighted by Crippen LogP contribution is 2.46. The summed E-state index contributed by atoms with van der Waals surface area (Å²) in [6.07, 6.45) is 6.49. The number of imidazole rings is 1. The van der Waals surface area contributed by atoms with Crippen molar-refractivity contribution in [1.29, 1.82) is 0 Å². The first-order valence-corrected chi connectivity index (χ1v) is 8.97. The lowest BCUT2D eigenvalue weighted by Crippen LogP contribution is -2.54. The van der Waals surface area contributed by atoms with Crippen molar-refractivity contribution in [2.24, 2.45) is 5.73 Å². The number of nitrogens with zero attached hydrogens (tertiary/aromatic N) is 1. The fourth-order valence-corrected chi connectivity index (χ4v) is 4.01. The van der Waals surface area contributed by atoms with Gasteiger partial charge in [-0.3, -0.25) is 0 Å². The lowest BCUT2D eigenvalue weighted by Gasteiger charge is -2.46. The Labute approximate surface area is 150 Å². The fraction of sp³-hybridized carbons (Fsp3) is 0.318. The maximum atomic E-state index is 7.00. The molecule has 2 aromatic carbocycles. The number of benzene rings is 2. The van der Waals surface area contributed by atoms with Crippen LogP contribution < -0.4 is 5.73 Å². The number of hydrogen-bond acceptors (Lipinski definition) is 2. The molecular weight excluding hydrogens is 306 g/mol. The highest BCUT2D eigenvalue weighted by atomic mass is 14.9. The Balaban J connectivity index is 2.04. The molecule has 3 heteroatoms. The average molecular weight is 333 g/mol. The summed E-state index contributed by atoms with van der Waals surface area (Å²) in [6, 6.07) is 21.3. The van der Waals surface area contributed by atoms with Crippen molar-refractivity contribution in [2.75, 3.05) is 0 Å². The summed E-state index contributed by atoms with van der Waals surface area (Å²) in [7, 11) is 0. The number of hydrogen-bond donors (Lipinski definition) is 2. The van der Waals surface area contributed by atoms with Crippen molar-refractivity contribution >= 4 is 0 Å². The second kappa shape index (κ2) is 7.24. The maximum Gasteiger partial charge on any atom is 0.0922 e. The van der Waals surface area contributed by atoms with Gasteiger partial charge in [-0.25, -0.2) is 4.98 Å². The van der Waals surface area contributed by atoms with Gasteiger partial charge in [-0.2, -0.15) is 0 Å². The molecule has 0 spiro atoms. The molecule has 0 bridgehead atoms. The van der Waals surface area contributed by atoms with Crippen LogP contribution in [0.15, 0.2) is 73.2 Å². The van der Waals surface area contributed by atoms with Gasteiger partial charge in [-0.1, -0.05) is 67.6 Å². The number of nitrogens with one attached hydrogen (secondary N) is 1. The third-order valence-electron chi connectivity index (χ3n) is 5.67. The smallest absolute Gasteiger partial charge is 0.0922 e. The van der Waals surface area contributed by atoms with Crippen LogP contribution >= 0.6 is 0 Å². The Morgan fingerprint density at radius 1 is 1.00 bits per heavy atom. The molecule has 0 radical (unpaired) electrons. The van der Waals surface area contributed by atoms with Crippen LogP contribution in [0.4, 0.5) is 0 Å². The highest BCUT2D eigenvalue weighted by molar-refractivity contribution is 5.34. The van der Waals surface area contributed by atoms with Crippen LogP contribution in [0.3, 0.4) is 0 Å². The Morgan fingerprint density at radius 2 is 1.64 bits per heavy atom. The maximum absolute atomic E-state index is 7.00. The fourth-order valence-electron chi connectivity index (χ4n) is 4.01. The van der Waals surface area contributed by atoms with E-state index in [1.807, 2.05) is 6.20 Å². The third-order valence-corrected chi connectivity index (χ3v) is 5.67. The summed E-state index contributed by atoms with van der Waals surface area (Å²) in [6.45, 7) is 4.36. The Kier molecular flexibility index (Phi) is 5.05. The molecule has 25 heavy (non-hydrogen) atoms. The molecular formula is C22H27N3. The average Bonchev–Trinajstić information content (AvgIpc) is 3.20. The van der Waals surface area contributed by atoms with Crippen molar-refractivity contribution < 1.29 is 0 Å². The van der Waals surface area contributed by atoms with Crippen LogP contribution in [0, 0.1) is 0 Å². The Hall–Kier alpha value is -2.39. The minimum Gasteiger partial charge on any atom is -0.347 e. The summed E-state index contributed by atoms with van der Waals surface area (Å²) in [5.41, 5.74) is 9.87. The normalized spacial score (nSPS) is 16.1. The molecule has 2 atom stereocenters. The molecule has 3 nitrogen and oxygen atoms in total. The van der Waals surface area contributed by atoms with Gasteiger partial charge in [0.2, 0.25) is 0 Å². The zero-order valence-corrected chi connectivity index (χ0v) is 15.1. The molecule has 0 amide bonds. The van der Waals surface area contributed by atoms with Crippen LogP contribution in [0.25, 0.3) is 0 Å². The van der Waals surface area contributed by atoms with E-state index in [0.717, 1.165) is 25.0 Å². The van der Waals surface area contributed by atoms with Gasteiger partial charge in [0.25, 0.3) is 0 Å². The molecule has 0 aliphatic rings. The van der Waals surface area contributed by atoms with Crippen molar-refractivity contribution in [2.45, 2.75) is 44.1 Å². The number of aromatic amines is 1. The molecule has 0 saturated heterocycles. The van der Waals surface area contributed by atoms with Crippen LogP contribution in [0.5, 0.6) is 0 Å². The van der Waals surface area contributed by atoms with Crippen LogP contribution in [0.2, 0.25) is 0 Å². The first kappa shape index (κ1) is 17.4. The van der Waals surface area contributed by atoms with E-state index >= 15 is 0 Å². The van der Waals surface area contributed by atoms with Crippen molar-refractivity contribution in [1.82, 2.24) is 9.97 Å². The molecule has 1 heterocycles. The van der Waals surface area contributed by atoms with E-state index in [0.29, 0.717) is 0 Å². The van der Waals surface area contributed by atoms with Gasteiger partial charge < -0.3 is 10.7 Å². The summed E-state index contributed by atoms with van der Waals surface area (Å²) in [5, 5.41) is 0. The van der Waals surface area contributed by atoms with Gasteiger partial charge in [0.05, 0.1) is 17.6 Å². The zero-order chi connectivity index (χ0) is 17.8. The highest BCUT2D eigenvalue weighted by Gasteiger charge is 2.47. The summed E-state index contributed by atoms with van der Waals surface area (Å²) < 4.78 is 0. The SMILES string of the molecule is CCC(CCc1ccccc1)(c1ccccc1)C(C)(N)c1cnc[nH]1. The monoisotopic (exact) mass is 333 g/mol. The summed E-state index contributed by atoms with van der Waals surface area (Å²) in [5.74, 6) is 0. The number of rotatable bonds is 7. The summed E-state index contributed by atoms with van der Waals surface area (Å²) >= 11 is 0. The largest absolute Gasteiger partial charge is 0.347 e. The lowest BCUT2D eigenvalue weighted by atomic mass is 9.61. The van der Waals surface area contributed by atoms with E-state index in [2.05, 4.69) is 84.5 Å². The molecule has 130 valence electrons. The predicted molar refractivity (Wildman–Crippen MR) is 103 cm³/mol. The molecule has 0 saturated carbocycles. The van der Waals surface area contributed by atoms with E-state index < -0.39 is 5.54 Å². The van der Waals surface area contributed by atoms with Crippen LogP contribution in [-0.2, 0) is 17.4 Å². The van der Waals surface area contributed by atoms with Gasteiger partial charge in [0.15, 0.2) is 0 Å². The van der Waals surface area contributed by atoms with E-state index in [1.165, 1.54) is 11.1 Å². The molecule has 0 fully saturated rings. The number of aromatic nitrogens is 2. The first-order valence-electron chi connectivity index (χ1n) is 8.97. The standard InChI is InChI=1S/C22H27N3/c1-3-22(19-12-8-5-9-13-19,15-14-18-10-6-4-7-11-18)21(2,23)20-16-24-17-25-20/h4-13,16-17H,3,14-15,23H2,1-2H3,(H,24,25). The quantitative estimate of drug-likeness (QED) is 0.666. The molecule has 3 aromatic rings. The van der Waals surface area contributed by atoms with Gasteiger partial charge in [-0.15, -0.1) is 0 Å². The predicted octanol–water partition coefficient (Wildman–Crippen LogP) is 4.56. The van der Waals surface area contributed by atoms with E-state index in [1.54, 1.807) is 6.33 Å². The van der Waals surface area contributed by atoms with Gasteiger partial charge in [0, 0.05) is 11.6 Å². The molecule has 0 aliphatic heterocycles. The van der Waals surface area contributed by atoms with E-state index in [9.17, 15) is 0 Å². The topological polar surface area (TPSA) is 54.7 Å². The number of H-pyrrole nitrogens is 1. The summed E-state index contributed by atoms with van der Waals surface area (Å²) in [4.78, 5) is 7.46. The molecule has 0 aliphatic carbocycles. The minimum absolute atomic E-state index is 0.184. The second-order valence-corrected chi connectivity index (χ2v) is 6.95. The van der Waals surface area contributed by atoms with Gasteiger partial charge >= 0.3 is 0 Å². The number of nitrogens with two attached hydrogens (primary N) is 1. The molecule has 1 aromatic heterocycles. The van der Waals surface area contributed by atoms with E-state index in [4.69, 9.17) is 5.73 Å². The third kappa shape index (κ3) is 3.24. The van der Waals surface area contributed by atoms with Crippen molar-refractivity contribution in [3.8, 4) is 0 Å². The molecule has 3 rings (SSSR count). The van der Waals surface area contributed by atoms with Crippen LogP contribution in [-0.4, -0.2) is 9.97 Å². The second-order valence-electron chi connectivity index (χ2n) is 6.95. The minimum atomic E-state index is -0.547. The van der Waals surface area contributed by atoms with Crippen molar-refractivity contribution in [3.05, 3.63) is 90.0 Å².